The number of carbonyl (C=O) groups excluding carboxylic acids is 1. The third kappa shape index (κ3) is 5.47. The summed E-state index contributed by atoms with van der Waals surface area (Å²) < 4.78 is 16.8. The van der Waals surface area contributed by atoms with Gasteiger partial charge in [0.2, 0.25) is 11.8 Å². The molecule has 0 aliphatic carbocycles. The van der Waals surface area contributed by atoms with Gasteiger partial charge < -0.3 is 24.8 Å². The first-order valence-corrected chi connectivity index (χ1v) is 12.2. The van der Waals surface area contributed by atoms with Crippen LogP contribution in [0.5, 0.6) is 23.1 Å². The van der Waals surface area contributed by atoms with E-state index in [1.165, 1.54) is 6.33 Å². The molecule has 0 atom stereocenters. The van der Waals surface area contributed by atoms with Gasteiger partial charge in [0.1, 0.15) is 12.1 Å². The lowest BCUT2D eigenvalue weighted by Gasteiger charge is -2.12. The number of rotatable bonds is 7. The number of aromatic nitrogens is 2. The summed E-state index contributed by atoms with van der Waals surface area (Å²) in [6.07, 6.45) is 1.65. The van der Waals surface area contributed by atoms with Gasteiger partial charge in [0, 0.05) is 11.8 Å². The fourth-order valence-corrected chi connectivity index (χ4v) is 4.34. The predicted octanol–water partition coefficient (Wildman–Crippen LogP) is 5.65. The molecule has 190 valence electrons. The van der Waals surface area contributed by atoms with Crippen LogP contribution >= 0.6 is 12.2 Å². The number of fused-ring (bicyclic) bond motifs is 2. The van der Waals surface area contributed by atoms with Gasteiger partial charge in [-0.15, -0.1) is 0 Å². The molecule has 1 amide bonds. The molecule has 0 radical (unpaired) electrons. The molecule has 2 N–H and O–H groups in total. The lowest BCUT2D eigenvalue weighted by Crippen LogP contribution is -2.35. The molecule has 0 bridgehead atoms. The van der Waals surface area contributed by atoms with Crippen molar-refractivity contribution in [1.82, 2.24) is 15.3 Å². The second-order valence-electron chi connectivity index (χ2n) is 8.35. The monoisotopic (exact) mass is 524 g/mol. The summed E-state index contributed by atoms with van der Waals surface area (Å²) in [7, 11) is 3.14. The number of benzene rings is 4. The van der Waals surface area contributed by atoms with Crippen LogP contribution in [-0.2, 0) is 11.2 Å². The number of carbonyl (C=O) groups is 1. The zero-order chi connectivity index (χ0) is 26.5. The molecule has 0 saturated heterocycles. The highest BCUT2D eigenvalue weighted by atomic mass is 32.1. The summed E-state index contributed by atoms with van der Waals surface area (Å²) in [6, 6.07) is 24.6. The molecule has 0 unspecified atom stereocenters. The second-order valence-corrected chi connectivity index (χ2v) is 8.76. The first kappa shape index (κ1) is 24.9. The van der Waals surface area contributed by atoms with E-state index in [9.17, 15) is 4.79 Å². The lowest BCUT2D eigenvalue weighted by atomic mass is 10.0. The maximum atomic E-state index is 12.6. The van der Waals surface area contributed by atoms with Crippen molar-refractivity contribution in [3.63, 3.8) is 0 Å². The zero-order valence-electron chi connectivity index (χ0n) is 20.7. The van der Waals surface area contributed by atoms with E-state index in [-0.39, 0.29) is 17.4 Å². The van der Waals surface area contributed by atoms with Crippen LogP contribution in [0.1, 0.15) is 5.56 Å². The zero-order valence-corrected chi connectivity index (χ0v) is 21.5. The van der Waals surface area contributed by atoms with Crippen LogP contribution in [0.3, 0.4) is 0 Å². The molecular weight excluding hydrogens is 500 g/mol. The second kappa shape index (κ2) is 11.1. The normalized spacial score (nSPS) is 10.7. The number of amides is 1. The van der Waals surface area contributed by atoms with E-state index in [1.807, 2.05) is 42.5 Å². The highest BCUT2D eigenvalue weighted by Gasteiger charge is 2.13. The molecule has 0 spiro atoms. The van der Waals surface area contributed by atoms with Gasteiger partial charge in [0.15, 0.2) is 16.6 Å². The van der Waals surface area contributed by atoms with Crippen LogP contribution in [0.2, 0.25) is 0 Å². The molecule has 5 rings (SSSR count). The van der Waals surface area contributed by atoms with E-state index >= 15 is 0 Å². The van der Waals surface area contributed by atoms with Crippen molar-refractivity contribution < 1.29 is 19.0 Å². The van der Waals surface area contributed by atoms with Crippen LogP contribution in [0.15, 0.2) is 85.2 Å². The highest BCUT2D eigenvalue weighted by Crippen LogP contribution is 2.35. The number of ether oxygens (including phenoxy) is 3. The summed E-state index contributed by atoms with van der Waals surface area (Å²) in [5, 5.41) is 8.82. The van der Waals surface area contributed by atoms with Gasteiger partial charge in [0.05, 0.1) is 31.5 Å². The number of hydrogen-bond acceptors (Lipinski definition) is 7. The largest absolute Gasteiger partial charge is 0.493 e. The minimum atomic E-state index is -0.193. The highest BCUT2D eigenvalue weighted by molar-refractivity contribution is 7.80. The van der Waals surface area contributed by atoms with E-state index in [2.05, 4.69) is 20.6 Å². The summed E-state index contributed by atoms with van der Waals surface area (Å²) >= 11 is 5.35. The van der Waals surface area contributed by atoms with Crippen molar-refractivity contribution in [3.05, 3.63) is 90.8 Å². The van der Waals surface area contributed by atoms with E-state index in [0.29, 0.717) is 39.7 Å². The Morgan fingerprint density at radius 1 is 0.868 bits per heavy atom. The van der Waals surface area contributed by atoms with Gasteiger partial charge in [-0.3, -0.25) is 4.79 Å². The number of nitrogens with one attached hydrogen (secondary N) is 2. The van der Waals surface area contributed by atoms with E-state index in [4.69, 9.17) is 26.4 Å². The van der Waals surface area contributed by atoms with Gasteiger partial charge in [-0.2, -0.15) is 0 Å². The standard InChI is InChI=1S/C29H24N4O4S/c1-35-25-15-23-24(16-26(25)36-2)30-17-31-28(23)37-21-12-10-20(11-13-21)32-29(38)33-27(34)14-19-8-5-7-18-6-3-4-9-22(18)19/h3-13,15-17H,14H2,1-2H3,(H2,32,33,34,38). The van der Waals surface area contributed by atoms with E-state index < -0.39 is 0 Å². The number of hydrogen-bond donors (Lipinski definition) is 2. The third-order valence-corrected chi connectivity index (χ3v) is 6.12. The Bertz CT molecular complexity index is 1630. The van der Waals surface area contributed by atoms with Gasteiger partial charge in [0.25, 0.3) is 0 Å². The van der Waals surface area contributed by atoms with Crippen LogP contribution in [0, 0.1) is 0 Å². The molecule has 5 aromatic rings. The van der Waals surface area contributed by atoms with Crippen molar-refractivity contribution in [3.8, 4) is 23.1 Å². The SMILES string of the molecule is COc1cc2ncnc(Oc3ccc(NC(=S)NC(=O)Cc4cccc5ccccc45)cc3)c2cc1OC. The number of anilines is 1. The Morgan fingerprint density at radius 2 is 1.61 bits per heavy atom. The molecule has 0 aliphatic rings. The van der Waals surface area contributed by atoms with Crippen LogP contribution < -0.4 is 24.8 Å². The summed E-state index contributed by atoms with van der Waals surface area (Å²) in [5.41, 5.74) is 2.31. The van der Waals surface area contributed by atoms with Gasteiger partial charge in [-0.1, -0.05) is 42.5 Å². The van der Waals surface area contributed by atoms with Crippen molar-refractivity contribution >= 4 is 50.6 Å². The minimum Gasteiger partial charge on any atom is -0.493 e. The molecule has 4 aromatic carbocycles. The quantitative estimate of drug-likeness (QED) is 0.264. The molecular formula is C29H24N4O4S. The van der Waals surface area contributed by atoms with Gasteiger partial charge in [-0.05, 0) is 58.9 Å². The van der Waals surface area contributed by atoms with Crippen LogP contribution in [-0.4, -0.2) is 35.2 Å². The molecule has 1 heterocycles. The molecule has 0 saturated carbocycles. The number of nitrogens with zero attached hydrogens (tertiary/aromatic N) is 2. The van der Waals surface area contributed by atoms with E-state index in [1.54, 1.807) is 50.6 Å². The summed E-state index contributed by atoms with van der Waals surface area (Å²) in [6.45, 7) is 0. The van der Waals surface area contributed by atoms with E-state index in [0.717, 1.165) is 16.3 Å². The molecule has 0 aliphatic heterocycles. The fraction of sp³-hybridized carbons (Fsp3) is 0.103. The Hall–Kier alpha value is -4.76. The smallest absolute Gasteiger partial charge is 0.230 e. The molecule has 1 aromatic heterocycles. The molecule has 8 nitrogen and oxygen atoms in total. The van der Waals surface area contributed by atoms with Crippen molar-refractivity contribution in [2.75, 3.05) is 19.5 Å². The third-order valence-electron chi connectivity index (χ3n) is 5.91. The average molecular weight is 525 g/mol. The fourth-order valence-electron chi connectivity index (χ4n) is 4.11. The maximum absolute atomic E-state index is 12.6. The predicted molar refractivity (Wildman–Crippen MR) is 151 cm³/mol. The molecule has 38 heavy (non-hydrogen) atoms. The first-order valence-electron chi connectivity index (χ1n) is 11.8. The molecule has 9 heteroatoms. The Kier molecular flexibility index (Phi) is 7.28. The Balaban J connectivity index is 1.22. The van der Waals surface area contributed by atoms with Gasteiger partial charge >= 0.3 is 0 Å². The summed E-state index contributed by atoms with van der Waals surface area (Å²) in [4.78, 5) is 21.2. The summed E-state index contributed by atoms with van der Waals surface area (Å²) in [5.74, 6) is 1.88. The number of methoxy groups -OCH3 is 2. The lowest BCUT2D eigenvalue weighted by molar-refractivity contribution is -0.119. The first-order chi connectivity index (χ1) is 18.5. The number of thiocarbonyl (C=S) groups is 1. The van der Waals surface area contributed by atoms with Crippen LogP contribution in [0.4, 0.5) is 5.69 Å². The van der Waals surface area contributed by atoms with Crippen molar-refractivity contribution in [2.24, 2.45) is 0 Å². The topological polar surface area (TPSA) is 94.6 Å². The average Bonchev–Trinajstić information content (AvgIpc) is 2.93. The van der Waals surface area contributed by atoms with Crippen molar-refractivity contribution in [1.29, 1.82) is 0 Å². The van der Waals surface area contributed by atoms with Gasteiger partial charge in [-0.25, -0.2) is 9.97 Å². The maximum Gasteiger partial charge on any atom is 0.230 e. The molecule has 0 fully saturated rings. The van der Waals surface area contributed by atoms with Crippen LogP contribution in [0.25, 0.3) is 21.7 Å². The Morgan fingerprint density at radius 3 is 2.39 bits per heavy atom. The van der Waals surface area contributed by atoms with Crippen molar-refractivity contribution in [2.45, 2.75) is 6.42 Å². The minimum absolute atomic E-state index is 0.193. The Labute approximate surface area is 224 Å².